The van der Waals surface area contributed by atoms with Gasteiger partial charge in [-0.1, -0.05) is 19.3 Å². The Morgan fingerprint density at radius 3 is 2.82 bits per heavy atom. The molecule has 0 spiro atoms. The highest BCUT2D eigenvalue weighted by atomic mass is 35.5. The average molecular weight is 327 g/mol. The van der Waals surface area contributed by atoms with Crippen LogP contribution in [-0.2, 0) is 4.79 Å². The first-order chi connectivity index (χ1) is 10.3. The van der Waals surface area contributed by atoms with Gasteiger partial charge in [-0.05, 0) is 44.7 Å². The summed E-state index contributed by atoms with van der Waals surface area (Å²) in [6, 6.07) is 2.02. The Balaban J connectivity index is 0.00000176. The quantitative estimate of drug-likeness (QED) is 0.778. The fraction of sp³-hybridized carbons (Fsp3) is 0.750. The molecule has 0 radical (unpaired) electrons. The van der Waals surface area contributed by atoms with Crippen molar-refractivity contribution in [2.24, 2.45) is 5.92 Å². The van der Waals surface area contributed by atoms with Crippen molar-refractivity contribution in [2.75, 3.05) is 18.4 Å². The Morgan fingerprint density at radius 1 is 1.27 bits per heavy atom. The lowest BCUT2D eigenvalue weighted by Crippen LogP contribution is -2.15. The van der Waals surface area contributed by atoms with Crippen LogP contribution in [-0.4, -0.2) is 29.2 Å². The molecule has 0 aromatic carbocycles. The van der Waals surface area contributed by atoms with Gasteiger partial charge >= 0.3 is 0 Å². The number of H-pyrrole nitrogens is 1. The average Bonchev–Trinajstić information content (AvgIpc) is 3.17. The van der Waals surface area contributed by atoms with Crippen molar-refractivity contribution in [3.8, 4) is 0 Å². The maximum atomic E-state index is 12.0. The van der Waals surface area contributed by atoms with Gasteiger partial charge < -0.3 is 10.6 Å². The third kappa shape index (κ3) is 4.71. The molecule has 2 aliphatic rings. The van der Waals surface area contributed by atoms with Gasteiger partial charge in [-0.25, -0.2) is 0 Å². The SMILES string of the molecule is Cl.O=C(CCC1CCNC1)Nc1cc(C2CCCCC2)[nH]n1. The lowest BCUT2D eigenvalue weighted by Gasteiger charge is -2.19. The molecule has 1 aromatic rings. The van der Waals surface area contributed by atoms with E-state index in [9.17, 15) is 4.79 Å². The van der Waals surface area contributed by atoms with Crippen molar-refractivity contribution in [3.63, 3.8) is 0 Å². The van der Waals surface area contributed by atoms with Crippen molar-refractivity contribution in [1.82, 2.24) is 15.5 Å². The molecule has 1 amide bonds. The van der Waals surface area contributed by atoms with E-state index < -0.39 is 0 Å². The molecule has 1 saturated carbocycles. The highest BCUT2D eigenvalue weighted by molar-refractivity contribution is 5.89. The van der Waals surface area contributed by atoms with Gasteiger partial charge in [0.1, 0.15) is 0 Å². The molecule has 3 N–H and O–H groups in total. The number of nitrogens with zero attached hydrogens (tertiary/aromatic N) is 1. The van der Waals surface area contributed by atoms with Crippen molar-refractivity contribution in [3.05, 3.63) is 11.8 Å². The zero-order chi connectivity index (χ0) is 14.5. The van der Waals surface area contributed by atoms with E-state index in [1.807, 2.05) is 6.07 Å². The van der Waals surface area contributed by atoms with E-state index in [-0.39, 0.29) is 18.3 Å². The summed E-state index contributed by atoms with van der Waals surface area (Å²) < 4.78 is 0. The number of nitrogens with one attached hydrogen (secondary N) is 3. The number of hydrogen-bond acceptors (Lipinski definition) is 3. The number of carbonyl (C=O) groups excluding carboxylic acids is 1. The summed E-state index contributed by atoms with van der Waals surface area (Å²) in [5.41, 5.74) is 1.19. The summed E-state index contributed by atoms with van der Waals surface area (Å²) in [6.07, 6.45) is 9.21. The monoisotopic (exact) mass is 326 g/mol. The third-order valence-corrected chi connectivity index (χ3v) is 4.85. The molecule has 0 bridgehead atoms. The maximum absolute atomic E-state index is 12.0. The second kappa shape index (κ2) is 8.53. The van der Waals surface area contributed by atoms with Gasteiger partial charge in [0.05, 0.1) is 0 Å². The summed E-state index contributed by atoms with van der Waals surface area (Å²) in [7, 11) is 0. The Labute approximate surface area is 138 Å². The highest BCUT2D eigenvalue weighted by Crippen LogP contribution is 2.32. The second-order valence-electron chi connectivity index (χ2n) is 6.49. The minimum atomic E-state index is 0. The van der Waals surface area contributed by atoms with Crippen LogP contribution >= 0.6 is 12.4 Å². The lowest BCUT2D eigenvalue weighted by atomic mass is 9.87. The van der Waals surface area contributed by atoms with Crippen LogP contribution in [0.25, 0.3) is 0 Å². The van der Waals surface area contributed by atoms with E-state index >= 15 is 0 Å². The van der Waals surface area contributed by atoms with Gasteiger partial charge in [0.15, 0.2) is 5.82 Å². The van der Waals surface area contributed by atoms with Gasteiger partial charge in [-0.3, -0.25) is 9.89 Å². The fourth-order valence-corrected chi connectivity index (χ4v) is 3.52. The van der Waals surface area contributed by atoms with Gasteiger partial charge in [0.2, 0.25) is 5.91 Å². The molecule has 1 unspecified atom stereocenters. The van der Waals surface area contributed by atoms with Gasteiger partial charge in [0.25, 0.3) is 0 Å². The van der Waals surface area contributed by atoms with E-state index in [2.05, 4.69) is 20.8 Å². The number of anilines is 1. The van der Waals surface area contributed by atoms with Gasteiger partial charge in [0, 0.05) is 24.1 Å². The Bertz CT molecular complexity index is 464. The van der Waals surface area contributed by atoms with Crippen LogP contribution in [0.5, 0.6) is 0 Å². The molecule has 1 aliphatic heterocycles. The standard InChI is InChI=1S/C16H26N4O.ClH/c21-16(7-6-12-8-9-17-11-12)18-15-10-14(19-20-15)13-4-2-1-3-5-13;/h10,12-13,17H,1-9,11H2,(H2,18,19,20,21);1H. The minimum Gasteiger partial charge on any atom is -0.316 e. The smallest absolute Gasteiger partial charge is 0.225 e. The molecular weight excluding hydrogens is 300 g/mol. The van der Waals surface area contributed by atoms with Crippen LogP contribution < -0.4 is 10.6 Å². The summed E-state index contributed by atoms with van der Waals surface area (Å²) in [6.45, 7) is 2.15. The normalized spacial score (nSPS) is 22.3. The molecule has 2 heterocycles. The van der Waals surface area contributed by atoms with E-state index in [1.165, 1.54) is 44.2 Å². The van der Waals surface area contributed by atoms with Gasteiger partial charge in [-0.15, -0.1) is 12.4 Å². The topological polar surface area (TPSA) is 69.8 Å². The predicted octanol–water partition coefficient (Wildman–Crippen LogP) is 3.21. The van der Waals surface area contributed by atoms with Crippen molar-refractivity contribution in [2.45, 2.75) is 57.3 Å². The first-order valence-electron chi connectivity index (χ1n) is 8.37. The molecule has 1 atom stereocenters. The van der Waals surface area contributed by atoms with Crippen molar-refractivity contribution in [1.29, 1.82) is 0 Å². The first-order valence-corrected chi connectivity index (χ1v) is 8.37. The van der Waals surface area contributed by atoms with Crippen molar-refractivity contribution < 1.29 is 4.79 Å². The lowest BCUT2D eigenvalue weighted by molar-refractivity contribution is -0.116. The number of hydrogen-bond donors (Lipinski definition) is 3. The summed E-state index contributed by atoms with van der Waals surface area (Å²) >= 11 is 0. The molecule has 1 aliphatic carbocycles. The van der Waals surface area contributed by atoms with Crippen LogP contribution in [0.1, 0.15) is 63.0 Å². The second-order valence-corrected chi connectivity index (χ2v) is 6.49. The molecule has 5 nitrogen and oxygen atoms in total. The third-order valence-electron chi connectivity index (χ3n) is 4.85. The van der Waals surface area contributed by atoms with Crippen molar-refractivity contribution >= 4 is 24.1 Å². The van der Waals surface area contributed by atoms with E-state index in [4.69, 9.17) is 0 Å². The minimum absolute atomic E-state index is 0. The van der Waals surface area contributed by atoms with Crippen LogP contribution in [0.2, 0.25) is 0 Å². The fourth-order valence-electron chi connectivity index (χ4n) is 3.52. The van der Waals surface area contributed by atoms with Crippen LogP contribution in [0.3, 0.4) is 0 Å². The Morgan fingerprint density at radius 2 is 2.09 bits per heavy atom. The van der Waals surface area contributed by atoms with Gasteiger partial charge in [-0.2, -0.15) is 5.10 Å². The van der Waals surface area contributed by atoms with Crippen LogP contribution in [0.15, 0.2) is 6.07 Å². The van der Waals surface area contributed by atoms with E-state index in [1.54, 1.807) is 0 Å². The van der Waals surface area contributed by atoms with E-state index in [0.717, 1.165) is 19.5 Å². The largest absolute Gasteiger partial charge is 0.316 e. The van der Waals surface area contributed by atoms with Crippen LogP contribution in [0.4, 0.5) is 5.82 Å². The zero-order valence-corrected chi connectivity index (χ0v) is 13.9. The maximum Gasteiger partial charge on any atom is 0.225 e. The Kier molecular flexibility index (Phi) is 6.70. The van der Waals surface area contributed by atoms with E-state index in [0.29, 0.717) is 24.1 Å². The Hall–Kier alpha value is -1.07. The predicted molar refractivity (Wildman–Crippen MR) is 90.5 cm³/mol. The number of carbonyl (C=O) groups is 1. The van der Waals surface area contributed by atoms with Crippen LogP contribution in [0, 0.1) is 5.92 Å². The first kappa shape index (κ1) is 17.3. The number of aromatic nitrogens is 2. The molecular formula is C16H27ClN4O. The number of amides is 1. The molecule has 124 valence electrons. The zero-order valence-electron chi connectivity index (χ0n) is 13.1. The molecule has 3 rings (SSSR count). The summed E-state index contributed by atoms with van der Waals surface area (Å²) in [5, 5.41) is 13.6. The summed E-state index contributed by atoms with van der Waals surface area (Å²) in [5.74, 6) is 2.03. The molecule has 2 fully saturated rings. The number of aromatic amines is 1. The summed E-state index contributed by atoms with van der Waals surface area (Å²) in [4.78, 5) is 12.0. The number of rotatable bonds is 5. The highest BCUT2D eigenvalue weighted by Gasteiger charge is 2.19. The molecule has 22 heavy (non-hydrogen) atoms. The number of halogens is 1. The molecule has 6 heteroatoms. The molecule has 1 saturated heterocycles. The molecule has 1 aromatic heterocycles.